The fourth-order valence-electron chi connectivity index (χ4n) is 2.22. The van der Waals surface area contributed by atoms with E-state index in [0.29, 0.717) is 11.8 Å². The molecule has 16 heavy (non-hydrogen) atoms. The van der Waals surface area contributed by atoms with E-state index in [0.717, 1.165) is 0 Å². The van der Waals surface area contributed by atoms with Crippen LogP contribution in [0.5, 0.6) is 0 Å². The van der Waals surface area contributed by atoms with Crippen molar-refractivity contribution < 1.29 is 0 Å². The first-order valence-corrected chi connectivity index (χ1v) is 5.98. The highest BCUT2D eigenvalue weighted by atomic mass is 14.7. The van der Waals surface area contributed by atoms with E-state index in [1.54, 1.807) is 0 Å². The van der Waals surface area contributed by atoms with Crippen molar-refractivity contribution in [2.45, 2.75) is 39.5 Å². The molecule has 0 N–H and O–H groups in total. The number of pyridine rings is 1. The third-order valence-corrected chi connectivity index (χ3v) is 3.04. The minimum Gasteiger partial charge on any atom is -0.260 e. The maximum Gasteiger partial charge on any atom is 0.0507 e. The van der Waals surface area contributed by atoms with E-state index >= 15 is 0 Å². The van der Waals surface area contributed by atoms with Gasteiger partial charge in [0.05, 0.1) is 5.69 Å². The van der Waals surface area contributed by atoms with Gasteiger partial charge >= 0.3 is 0 Å². The van der Waals surface area contributed by atoms with Crippen LogP contribution in [0.3, 0.4) is 0 Å². The minimum atomic E-state index is 0.478. The molecule has 1 nitrogen and oxygen atoms in total. The Morgan fingerprint density at radius 1 is 0.875 bits per heavy atom. The fourth-order valence-corrected chi connectivity index (χ4v) is 2.22. The van der Waals surface area contributed by atoms with Crippen LogP contribution in [-0.2, 0) is 0 Å². The first kappa shape index (κ1) is 11.1. The normalized spacial score (nSPS) is 11.6. The van der Waals surface area contributed by atoms with Crippen molar-refractivity contribution >= 4 is 10.8 Å². The number of fused-ring (bicyclic) bond motifs is 1. The number of nitrogens with zero attached hydrogens (tertiary/aromatic N) is 1. The Morgan fingerprint density at radius 3 is 2.25 bits per heavy atom. The molecule has 0 bridgehead atoms. The van der Waals surface area contributed by atoms with Gasteiger partial charge < -0.3 is 0 Å². The van der Waals surface area contributed by atoms with Crippen LogP contribution in [0.25, 0.3) is 10.8 Å². The maximum atomic E-state index is 4.51. The largest absolute Gasteiger partial charge is 0.260 e. The molecule has 0 amide bonds. The lowest BCUT2D eigenvalue weighted by Crippen LogP contribution is -1.96. The highest BCUT2D eigenvalue weighted by Gasteiger charge is 2.10. The lowest BCUT2D eigenvalue weighted by Gasteiger charge is -2.13. The molecule has 1 heteroatoms. The first-order valence-electron chi connectivity index (χ1n) is 5.98. The Kier molecular flexibility index (Phi) is 2.95. The van der Waals surface area contributed by atoms with Crippen LogP contribution in [-0.4, -0.2) is 4.98 Å². The number of rotatable bonds is 2. The monoisotopic (exact) mass is 213 g/mol. The van der Waals surface area contributed by atoms with Crippen LogP contribution in [0.1, 0.15) is 50.8 Å². The van der Waals surface area contributed by atoms with E-state index < -0.39 is 0 Å². The first-order chi connectivity index (χ1) is 7.61. The predicted molar refractivity (Wildman–Crippen MR) is 69.9 cm³/mol. The van der Waals surface area contributed by atoms with Crippen molar-refractivity contribution in [3.8, 4) is 0 Å². The molecular formula is C15H19N. The van der Waals surface area contributed by atoms with Gasteiger partial charge in [0.1, 0.15) is 0 Å². The molecule has 0 saturated heterocycles. The Labute approximate surface area is 97.5 Å². The Hall–Kier alpha value is -1.37. The Morgan fingerprint density at radius 2 is 1.62 bits per heavy atom. The lowest BCUT2D eigenvalue weighted by atomic mass is 9.94. The number of hydrogen-bond donors (Lipinski definition) is 0. The van der Waals surface area contributed by atoms with E-state index in [1.807, 2.05) is 6.20 Å². The molecule has 1 aromatic carbocycles. The molecule has 84 valence electrons. The number of hydrogen-bond acceptors (Lipinski definition) is 1. The summed E-state index contributed by atoms with van der Waals surface area (Å²) in [5.74, 6) is 1.04. The van der Waals surface area contributed by atoms with E-state index in [-0.39, 0.29) is 0 Å². The summed E-state index contributed by atoms with van der Waals surface area (Å²) in [6, 6.07) is 8.68. The summed E-state index contributed by atoms with van der Waals surface area (Å²) in [6.07, 6.45) is 1.93. The van der Waals surface area contributed by atoms with Gasteiger partial charge in [-0.1, -0.05) is 45.9 Å². The zero-order valence-electron chi connectivity index (χ0n) is 10.5. The second kappa shape index (κ2) is 4.25. The molecule has 0 aliphatic heterocycles. The highest BCUT2D eigenvalue weighted by molar-refractivity contribution is 5.88. The Balaban J connectivity index is 2.76. The quantitative estimate of drug-likeness (QED) is 0.716. The molecule has 2 rings (SSSR count). The van der Waals surface area contributed by atoms with Gasteiger partial charge in [-0.25, -0.2) is 0 Å². The summed E-state index contributed by atoms with van der Waals surface area (Å²) in [4.78, 5) is 4.51. The van der Waals surface area contributed by atoms with E-state index in [1.165, 1.54) is 22.0 Å². The van der Waals surface area contributed by atoms with Gasteiger partial charge in [-0.15, -0.1) is 0 Å². The number of benzene rings is 1. The van der Waals surface area contributed by atoms with Gasteiger partial charge in [-0.3, -0.25) is 4.98 Å². The predicted octanol–water partition coefficient (Wildman–Crippen LogP) is 4.48. The summed E-state index contributed by atoms with van der Waals surface area (Å²) >= 11 is 0. The van der Waals surface area contributed by atoms with E-state index in [2.05, 4.69) is 56.9 Å². The summed E-state index contributed by atoms with van der Waals surface area (Å²) in [5, 5.41) is 2.67. The molecule has 0 radical (unpaired) electrons. The molecule has 0 atom stereocenters. The molecule has 2 aromatic rings. The van der Waals surface area contributed by atoms with Crippen molar-refractivity contribution in [3.05, 3.63) is 41.7 Å². The average Bonchev–Trinajstić information content (AvgIpc) is 2.27. The average molecular weight is 213 g/mol. The fraction of sp³-hybridized carbons (Fsp3) is 0.400. The van der Waals surface area contributed by atoms with Gasteiger partial charge in [-0.05, 0) is 28.9 Å². The smallest absolute Gasteiger partial charge is 0.0507 e. The van der Waals surface area contributed by atoms with Crippen LogP contribution >= 0.6 is 0 Å². The van der Waals surface area contributed by atoms with E-state index in [4.69, 9.17) is 0 Å². The van der Waals surface area contributed by atoms with Gasteiger partial charge in [0.25, 0.3) is 0 Å². The topological polar surface area (TPSA) is 12.9 Å². The molecule has 0 unspecified atom stereocenters. The third-order valence-electron chi connectivity index (χ3n) is 3.04. The number of aromatic nitrogens is 1. The van der Waals surface area contributed by atoms with Crippen LogP contribution in [0.4, 0.5) is 0 Å². The molecule has 0 saturated carbocycles. The standard InChI is InChI=1S/C15H19N/c1-10(2)12-6-5-7-14-13(12)8-9-16-15(14)11(3)4/h5-11H,1-4H3. The summed E-state index contributed by atoms with van der Waals surface area (Å²) in [5.41, 5.74) is 2.63. The Bertz CT molecular complexity index is 451. The van der Waals surface area contributed by atoms with Crippen molar-refractivity contribution in [3.63, 3.8) is 0 Å². The summed E-state index contributed by atoms with van der Waals surface area (Å²) < 4.78 is 0. The van der Waals surface area contributed by atoms with Gasteiger partial charge in [0, 0.05) is 11.6 Å². The molecule has 0 aliphatic rings. The van der Waals surface area contributed by atoms with Gasteiger partial charge in [0.2, 0.25) is 0 Å². The van der Waals surface area contributed by atoms with Crippen molar-refractivity contribution in [1.82, 2.24) is 4.98 Å². The third kappa shape index (κ3) is 1.82. The molecule has 1 aromatic heterocycles. The second-order valence-electron chi connectivity index (χ2n) is 4.95. The van der Waals surface area contributed by atoms with Crippen LogP contribution in [0.15, 0.2) is 30.5 Å². The summed E-state index contributed by atoms with van der Waals surface area (Å²) in [6.45, 7) is 8.88. The highest BCUT2D eigenvalue weighted by Crippen LogP contribution is 2.29. The zero-order chi connectivity index (χ0) is 11.7. The lowest BCUT2D eigenvalue weighted by molar-refractivity contribution is 0.832. The van der Waals surface area contributed by atoms with Crippen molar-refractivity contribution in [1.29, 1.82) is 0 Å². The molecule has 0 fully saturated rings. The van der Waals surface area contributed by atoms with E-state index in [9.17, 15) is 0 Å². The van der Waals surface area contributed by atoms with Crippen LogP contribution in [0, 0.1) is 0 Å². The van der Waals surface area contributed by atoms with Crippen molar-refractivity contribution in [2.24, 2.45) is 0 Å². The minimum absolute atomic E-state index is 0.478. The molecular weight excluding hydrogens is 194 g/mol. The SMILES string of the molecule is CC(C)c1cccc2c(C(C)C)nccc12. The van der Waals surface area contributed by atoms with Crippen LogP contribution in [0.2, 0.25) is 0 Å². The zero-order valence-corrected chi connectivity index (χ0v) is 10.5. The molecule has 1 heterocycles. The van der Waals surface area contributed by atoms with Crippen LogP contribution < -0.4 is 0 Å². The summed E-state index contributed by atoms with van der Waals surface area (Å²) in [7, 11) is 0. The van der Waals surface area contributed by atoms with Crippen molar-refractivity contribution in [2.75, 3.05) is 0 Å². The maximum absolute atomic E-state index is 4.51. The molecule has 0 spiro atoms. The van der Waals surface area contributed by atoms with Gasteiger partial charge in [0.15, 0.2) is 0 Å². The molecule has 0 aliphatic carbocycles. The second-order valence-corrected chi connectivity index (χ2v) is 4.95. The van der Waals surface area contributed by atoms with Gasteiger partial charge in [-0.2, -0.15) is 0 Å².